The van der Waals surface area contributed by atoms with Crippen molar-refractivity contribution in [2.75, 3.05) is 7.11 Å². The second kappa shape index (κ2) is 6.27. The Kier molecular flexibility index (Phi) is 4.03. The third-order valence-corrected chi connectivity index (χ3v) is 5.93. The van der Waals surface area contributed by atoms with Gasteiger partial charge < -0.3 is 4.74 Å². The topological polar surface area (TPSA) is 88.8 Å². The Bertz CT molecular complexity index is 993. The third kappa shape index (κ3) is 2.54. The SMILES string of the molecule is COc1nc(-c2ccncc2)nc2c1CC[C@@H]1[C@@H](C)C(=O)C(C#N)=C[C@@]21C. The molecule has 2 aromatic rings. The van der Waals surface area contributed by atoms with E-state index < -0.39 is 5.41 Å². The summed E-state index contributed by atoms with van der Waals surface area (Å²) in [5, 5.41) is 9.46. The molecular weight excluding hydrogens is 340 g/mol. The van der Waals surface area contributed by atoms with Gasteiger partial charge in [-0.2, -0.15) is 10.2 Å². The van der Waals surface area contributed by atoms with Crippen molar-refractivity contribution < 1.29 is 9.53 Å². The number of hydrogen-bond donors (Lipinski definition) is 0. The summed E-state index contributed by atoms with van der Waals surface area (Å²) in [6, 6.07) is 5.79. The molecular formula is C21H20N4O2. The number of fused-ring (bicyclic) bond motifs is 3. The molecule has 0 aliphatic heterocycles. The van der Waals surface area contributed by atoms with Gasteiger partial charge in [-0.15, -0.1) is 0 Å². The van der Waals surface area contributed by atoms with Crippen molar-refractivity contribution >= 4 is 5.78 Å². The van der Waals surface area contributed by atoms with Gasteiger partial charge in [-0.3, -0.25) is 9.78 Å². The summed E-state index contributed by atoms with van der Waals surface area (Å²) in [6.45, 7) is 3.99. The molecule has 0 bridgehead atoms. The highest BCUT2D eigenvalue weighted by atomic mass is 16.5. The molecule has 3 atom stereocenters. The van der Waals surface area contributed by atoms with Crippen molar-refractivity contribution in [3.05, 3.63) is 47.4 Å². The number of aromatic nitrogens is 3. The molecule has 2 aliphatic rings. The molecule has 0 radical (unpaired) electrons. The number of hydrogen-bond acceptors (Lipinski definition) is 6. The lowest BCUT2D eigenvalue weighted by Gasteiger charge is -2.45. The van der Waals surface area contributed by atoms with Crippen LogP contribution in [0.4, 0.5) is 0 Å². The molecule has 2 heterocycles. The van der Waals surface area contributed by atoms with E-state index >= 15 is 0 Å². The van der Waals surface area contributed by atoms with Gasteiger partial charge in [0.05, 0.1) is 18.4 Å². The summed E-state index contributed by atoms with van der Waals surface area (Å²) in [4.78, 5) is 26.1. The maximum Gasteiger partial charge on any atom is 0.220 e. The van der Waals surface area contributed by atoms with Gasteiger partial charge in [0.25, 0.3) is 0 Å². The molecule has 0 N–H and O–H groups in total. The largest absolute Gasteiger partial charge is 0.481 e. The van der Waals surface area contributed by atoms with Crippen LogP contribution in [0, 0.1) is 23.2 Å². The fourth-order valence-corrected chi connectivity index (χ4v) is 4.54. The molecule has 0 fully saturated rings. The molecule has 0 aromatic carbocycles. The molecule has 0 unspecified atom stereocenters. The molecule has 0 saturated heterocycles. The van der Waals surface area contributed by atoms with Gasteiger partial charge in [0.15, 0.2) is 11.6 Å². The lowest BCUT2D eigenvalue weighted by Crippen LogP contribution is -2.46. The molecule has 136 valence electrons. The van der Waals surface area contributed by atoms with Crippen LogP contribution in [-0.4, -0.2) is 27.8 Å². The highest BCUT2D eigenvalue weighted by Gasteiger charge is 2.49. The molecule has 6 nitrogen and oxygen atoms in total. The first-order valence-electron chi connectivity index (χ1n) is 9.02. The first kappa shape index (κ1) is 17.3. The maximum atomic E-state index is 12.5. The van der Waals surface area contributed by atoms with Crippen molar-refractivity contribution in [1.29, 1.82) is 5.26 Å². The van der Waals surface area contributed by atoms with Crippen LogP contribution in [0.3, 0.4) is 0 Å². The highest BCUT2D eigenvalue weighted by Crippen LogP contribution is 2.50. The van der Waals surface area contributed by atoms with Crippen molar-refractivity contribution in [1.82, 2.24) is 15.0 Å². The first-order valence-corrected chi connectivity index (χ1v) is 9.02. The number of carbonyl (C=O) groups is 1. The monoisotopic (exact) mass is 360 g/mol. The normalized spacial score (nSPS) is 26.4. The van der Waals surface area contributed by atoms with Crippen LogP contribution in [0.25, 0.3) is 11.4 Å². The van der Waals surface area contributed by atoms with Crippen molar-refractivity contribution in [2.45, 2.75) is 32.1 Å². The second-order valence-corrected chi connectivity index (χ2v) is 7.37. The van der Waals surface area contributed by atoms with Gasteiger partial charge in [-0.25, -0.2) is 4.98 Å². The average molecular weight is 360 g/mol. The Balaban J connectivity index is 1.98. The zero-order valence-corrected chi connectivity index (χ0v) is 15.6. The number of methoxy groups -OCH3 is 1. The summed E-state index contributed by atoms with van der Waals surface area (Å²) in [7, 11) is 1.61. The minimum absolute atomic E-state index is 0.0706. The fraction of sp³-hybridized carbons (Fsp3) is 0.381. The minimum atomic E-state index is -0.510. The lowest BCUT2D eigenvalue weighted by molar-refractivity contribution is -0.121. The van der Waals surface area contributed by atoms with Gasteiger partial charge in [0.1, 0.15) is 6.07 Å². The standard InChI is InChI=1S/C21H20N4O2/c1-12-16-5-4-15-18(21(16,2)10-14(11-22)17(12)26)24-19(25-20(15)27-3)13-6-8-23-9-7-13/h6-10,12,16H,4-5H2,1-3H3/t12-,16-,21-/m1/s1. The van der Waals surface area contributed by atoms with Crippen molar-refractivity contribution in [3.63, 3.8) is 0 Å². The summed E-state index contributed by atoms with van der Waals surface area (Å²) in [5.74, 6) is 0.931. The van der Waals surface area contributed by atoms with E-state index in [1.165, 1.54) is 0 Å². The van der Waals surface area contributed by atoms with Gasteiger partial charge in [-0.1, -0.05) is 19.9 Å². The summed E-state index contributed by atoms with van der Waals surface area (Å²) in [5.41, 5.74) is 2.37. The lowest BCUT2D eigenvalue weighted by atomic mass is 9.58. The molecule has 0 saturated carbocycles. The average Bonchev–Trinajstić information content (AvgIpc) is 2.70. The molecule has 4 rings (SSSR count). The van der Waals surface area contributed by atoms with E-state index in [4.69, 9.17) is 9.72 Å². The molecule has 0 spiro atoms. The highest BCUT2D eigenvalue weighted by molar-refractivity contribution is 6.02. The Morgan fingerprint density at radius 1 is 1.30 bits per heavy atom. The first-order chi connectivity index (χ1) is 13.0. The number of carbonyl (C=O) groups excluding carboxylic acids is 1. The Morgan fingerprint density at radius 3 is 2.70 bits per heavy atom. The Morgan fingerprint density at radius 2 is 2.04 bits per heavy atom. The van der Waals surface area contributed by atoms with Crippen LogP contribution >= 0.6 is 0 Å². The van der Waals surface area contributed by atoms with Crippen LogP contribution in [0.2, 0.25) is 0 Å². The van der Waals surface area contributed by atoms with E-state index in [2.05, 4.69) is 23.0 Å². The Hall–Kier alpha value is -3.07. The number of ether oxygens (including phenoxy) is 1. The predicted molar refractivity (Wildman–Crippen MR) is 98.8 cm³/mol. The molecule has 2 aromatic heterocycles. The minimum Gasteiger partial charge on any atom is -0.481 e. The van der Waals surface area contributed by atoms with Crippen LogP contribution in [0.15, 0.2) is 36.2 Å². The van der Waals surface area contributed by atoms with Crippen molar-refractivity contribution in [3.8, 4) is 23.3 Å². The van der Waals surface area contributed by atoms with Gasteiger partial charge in [-0.05, 0) is 30.9 Å². The van der Waals surface area contributed by atoms with Crippen LogP contribution in [-0.2, 0) is 16.6 Å². The van der Waals surface area contributed by atoms with Gasteiger partial charge >= 0.3 is 0 Å². The number of nitrogens with zero attached hydrogens (tertiary/aromatic N) is 4. The number of allylic oxidation sites excluding steroid dienone is 2. The number of rotatable bonds is 2. The predicted octanol–water partition coefficient (Wildman–Crippen LogP) is 3.04. The van der Waals surface area contributed by atoms with E-state index in [1.54, 1.807) is 25.6 Å². The number of pyridine rings is 1. The number of nitriles is 1. The van der Waals surface area contributed by atoms with Crippen LogP contribution < -0.4 is 4.74 Å². The summed E-state index contributed by atoms with van der Waals surface area (Å²) < 4.78 is 5.58. The number of ketones is 1. The van der Waals surface area contributed by atoms with E-state index in [9.17, 15) is 10.1 Å². The summed E-state index contributed by atoms with van der Waals surface area (Å²) >= 11 is 0. The van der Waals surface area contributed by atoms with E-state index in [-0.39, 0.29) is 23.2 Å². The van der Waals surface area contributed by atoms with E-state index in [0.29, 0.717) is 11.7 Å². The van der Waals surface area contributed by atoms with Crippen molar-refractivity contribution in [2.24, 2.45) is 11.8 Å². The van der Waals surface area contributed by atoms with Crippen LogP contribution in [0.5, 0.6) is 5.88 Å². The Labute approximate surface area is 157 Å². The molecule has 0 amide bonds. The fourth-order valence-electron chi connectivity index (χ4n) is 4.54. The zero-order chi connectivity index (χ0) is 19.2. The zero-order valence-electron chi connectivity index (χ0n) is 15.6. The van der Waals surface area contributed by atoms with E-state index in [1.807, 2.05) is 19.1 Å². The quantitative estimate of drug-likeness (QED) is 0.818. The molecule has 2 aliphatic carbocycles. The summed E-state index contributed by atoms with van der Waals surface area (Å²) in [6.07, 6.45) is 6.79. The van der Waals surface area contributed by atoms with Gasteiger partial charge in [0, 0.05) is 34.9 Å². The number of Topliss-reactive ketones (excluding diaryl/α,β-unsaturated/α-hetero) is 1. The van der Waals surface area contributed by atoms with Crippen LogP contribution in [0.1, 0.15) is 31.5 Å². The van der Waals surface area contributed by atoms with E-state index in [0.717, 1.165) is 29.7 Å². The maximum absolute atomic E-state index is 12.5. The third-order valence-electron chi connectivity index (χ3n) is 5.93. The smallest absolute Gasteiger partial charge is 0.220 e. The van der Waals surface area contributed by atoms with Gasteiger partial charge in [0.2, 0.25) is 5.88 Å². The molecule has 27 heavy (non-hydrogen) atoms. The second-order valence-electron chi connectivity index (χ2n) is 7.37. The molecule has 6 heteroatoms.